The van der Waals surface area contributed by atoms with Crippen LogP contribution in [0.15, 0.2) is 22.5 Å². The van der Waals surface area contributed by atoms with Crippen LogP contribution in [-0.4, -0.2) is 74.7 Å². The summed E-state index contributed by atoms with van der Waals surface area (Å²) in [4.78, 5) is 11.6. The summed E-state index contributed by atoms with van der Waals surface area (Å²) in [6.45, 7) is 11.9. The number of hydrogen-bond acceptors (Lipinski definition) is 4. The molecule has 2 fully saturated rings. The summed E-state index contributed by atoms with van der Waals surface area (Å²) in [5, 5.41) is 9.30. The van der Waals surface area contributed by atoms with E-state index in [1.165, 1.54) is 50.1 Å². The summed E-state index contributed by atoms with van der Waals surface area (Å²) in [6, 6.07) is 5.04. The van der Waals surface area contributed by atoms with Crippen LogP contribution < -0.4 is 10.6 Å². The first-order valence-electron chi connectivity index (χ1n) is 11.1. The third kappa shape index (κ3) is 5.71. The molecular weight excluding hydrogens is 366 g/mol. The van der Waals surface area contributed by atoms with E-state index in [4.69, 9.17) is 4.99 Å². The fraction of sp³-hybridized carbons (Fsp3) is 0.773. The second-order valence-corrected chi connectivity index (χ2v) is 9.53. The van der Waals surface area contributed by atoms with Crippen molar-refractivity contribution < 1.29 is 0 Å². The van der Waals surface area contributed by atoms with Crippen molar-refractivity contribution in [3.8, 4) is 0 Å². The van der Waals surface area contributed by atoms with Gasteiger partial charge in [-0.25, -0.2) is 0 Å². The molecule has 158 valence electrons. The second kappa shape index (κ2) is 10.6. The van der Waals surface area contributed by atoms with Gasteiger partial charge in [-0.05, 0) is 45.2 Å². The maximum absolute atomic E-state index is 5.07. The molecule has 1 atom stereocenters. The standard InChI is InChI=1S/C22H39N5S/c1-4-23-21(24-17-19(2)27-14-12-26(3)13-15-27)25-18-22(10-6-5-7-11-22)20-9-8-16-28-20/h8-9,16,19H,4-7,10-15,17-18H2,1-3H3,(H2,23,24,25). The predicted molar refractivity (Wildman–Crippen MR) is 122 cm³/mol. The molecule has 1 saturated carbocycles. The first-order valence-corrected chi connectivity index (χ1v) is 12.0. The molecule has 2 N–H and O–H groups in total. The van der Waals surface area contributed by atoms with Crippen LogP contribution in [-0.2, 0) is 5.41 Å². The lowest BCUT2D eigenvalue weighted by Crippen LogP contribution is -2.52. The number of piperazine rings is 1. The van der Waals surface area contributed by atoms with E-state index in [9.17, 15) is 0 Å². The van der Waals surface area contributed by atoms with Crippen molar-refractivity contribution in [2.24, 2.45) is 4.99 Å². The normalized spacial score (nSPS) is 22.8. The van der Waals surface area contributed by atoms with E-state index in [0.29, 0.717) is 6.04 Å². The molecule has 2 heterocycles. The van der Waals surface area contributed by atoms with Crippen molar-refractivity contribution in [3.63, 3.8) is 0 Å². The maximum atomic E-state index is 5.07. The van der Waals surface area contributed by atoms with Crippen molar-refractivity contribution in [1.29, 1.82) is 0 Å². The first-order chi connectivity index (χ1) is 13.6. The van der Waals surface area contributed by atoms with Gasteiger partial charge in [0.25, 0.3) is 0 Å². The van der Waals surface area contributed by atoms with Crippen LogP contribution in [0.3, 0.4) is 0 Å². The van der Waals surface area contributed by atoms with Crippen molar-refractivity contribution in [1.82, 2.24) is 20.4 Å². The smallest absolute Gasteiger partial charge is 0.191 e. The van der Waals surface area contributed by atoms with E-state index < -0.39 is 0 Å². The number of aliphatic imine (C=N–C) groups is 1. The molecule has 0 bridgehead atoms. The van der Waals surface area contributed by atoms with Crippen molar-refractivity contribution >= 4 is 17.3 Å². The average Bonchev–Trinajstić information content (AvgIpc) is 3.27. The molecule has 28 heavy (non-hydrogen) atoms. The highest BCUT2D eigenvalue weighted by atomic mass is 32.1. The van der Waals surface area contributed by atoms with Crippen LogP contribution in [0, 0.1) is 0 Å². The molecule has 1 aliphatic heterocycles. The molecule has 1 saturated heterocycles. The number of hydrogen-bond donors (Lipinski definition) is 2. The minimum atomic E-state index is 0.248. The van der Waals surface area contributed by atoms with Gasteiger partial charge in [0.15, 0.2) is 5.96 Å². The fourth-order valence-corrected chi connectivity index (χ4v) is 5.48. The van der Waals surface area contributed by atoms with Crippen LogP contribution in [0.1, 0.15) is 50.8 Å². The Hall–Kier alpha value is -1.11. The zero-order valence-corrected chi connectivity index (χ0v) is 18.9. The number of rotatable bonds is 7. The van der Waals surface area contributed by atoms with Crippen LogP contribution in [0.2, 0.25) is 0 Å². The molecule has 1 aromatic heterocycles. The van der Waals surface area contributed by atoms with E-state index >= 15 is 0 Å². The third-order valence-electron chi connectivity index (χ3n) is 6.46. The zero-order valence-electron chi connectivity index (χ0n) is 18.0. The summed E-state index contributed by atoms with van der Waals surface area (Å²) in [5.74, 6) is 0.977. The summed E-state index contributed by atoms with van der Waals surface area (Å²) in [5.41, 5.74) is 0.248. The van der Waals surface area contributed by atoms with Gasteiger partial charge in [0.2, 0.25) is 0 Å². The minimum absolute atomic E-state index is 0.248. The van der Waals surface area contributed by atoms with Crippen LogP contribution in [0.4, 0.5) is 0 Å². The fourth-order valence-electron chi connectivity index (χ4n) is 4.50. The quantitative estimate of drug-likeness (QED) is 0.540. The summed E-state index contributed by atoms with van der Waals surface area (Å²) in [6.07, 6.45) is 6.58. The molecule has 3 rings (SSSR count). The van der Waals surface area contributed by atoms with Crippen LogP contribution >= 0.6 is 11.3 Å². The molecule has 0 radical (unpaired) electrons. The van der Waals surface area contributed by atoms with Gasteiger partial charge < -0.3 is 15.5 Å². The van der Waals surface area contributed by atoms with E-state index in [-0.39, 0.29) is 5.41 Å². The van der Waals surface area contributed by atoms with Gasteiger partial charge in [-0.1, -0.05) is 25.3 Å². The molecule has 0 amide bonds. The predicted octanol–water partition coefficient (Wildman–Crippen LogP) is 3.14. The van der Waals surface area contributed by atoms with Gasteiger partial charge in [-0.15, -0.1) is 11.3 Å². The SMILES string of the molecule is CCNC(=NCC1(c2cccs2)CCCCC1)NCC(C)N1CCN(C)CC1. The molecule has 1 aromatic rings. The number of guanidine groups is 1. The lowest BCUT2D eigenvalue weighted by atomic mass is 9.73. The maximum Gasteiger partial charge on any atom is 0.191 e. The Morgan fingerprint density at radius 3 is 2.57 bits per heavy atom. The molecule has 2 aliphatic rings. The van der Waals surface area contributed by atoms with Crippen LogP contribution in [0.25, 0.3) is 0 Å². The number of nitrogens with one attached hydrogen (secondary N) is 2. The van der Waals surface area contributed by atoms with Gasteiger partial charge in [0, 0.05) is 55.6 Å². The Morgan fingerprint density at radius 2 is 1.93 bits per heavy atom. The van der Waals surface area contributed by atoms with Gasteiger partial charge in [0.1, 0.15) is 0 Å². The van der Waals surface area contributed by atoms with Gasteiger partial charge >= 0.3 is 0 Å². The van der Waals surface area contributed by atoms with Gasteiger partial charge in [-0.3, -0.25) is 9.89 Å². The topological polar surface area (TPSA) is 42.9 Å². The van der Waals surface area contributed by atoms with E-state index in [2.05, 4.69) is 58.8 Å². The highest BCUT2D eigenvalue weighted by Crippen LogP contribution is 2.41. The Morgan fingerprint density at radius 1 is 1.18 bits per heavy atom. The highest BCUT2D eigenvalue weighted by Gasteiger charge is 2.34. The highest BCUT2D eigenvalue weighted by molar-refractivity contribution is 7.10. The lowest BCUT2D eigenvalue weighted by Gasteiger charge is -2.37. The number of nitrogens with zero attached hydrogens (tertiary/aromatic N) is 3. The van der Waals surface area contributed by atoms with E-state index in [1.54, 1.807) is 0 Å². The summed E-state index contributed by atoms with van der Waals surface area (Å²) in [7, 11) is 2.21. The average molecular weight is 406 g/mol. The largest absolute Gasteiger partial charge is 0.357 e. The Balaban J connectivity index is 1.59. The van der Waals surface area contributed by atoms with Crippen LogP contribution in [0.5, 0.6) is 0 Å². The molecular formula is C22H39N5S. The second-order valence-electron chi connectivity index (χ2n) is 8.58. The summed E-state index contributed by atoms with van der Waals surface area (Å²) >= 11 is 1.91. The zero-order chi connectivity index (χ0) is 19.8. The van der Waals surface area contributed by atoms with Crippen molar-refractivity contribution in [2.45, 2.75) is 57.4 Å². The molecule has 0 spiro atoms. The minimum Gasteiger partial charge on any atom is -0.357 e. The summed E-state index contributed by atoms with van der Waals surface area (Å²) < 4.78 is 0. The van der Waals surface area contributed by atoms with E-state index in [0.717, 1.165) is 38.7 Å². The number of thiophene rings is 1. The number of likely N-dealkylation sites (N-methyl/N-ethyl adjacent to an activating group) is 1. The van der Waals surface area contributed by atoms with E-state index in [1.807, 2.05) is 11.3 Å². The first kappa shape index (κ1) is 21.6. The monoisotopic (exact) mass is 405 g/mol. The molecule has 6 heteroatoms. The molecule has 5 nitrogen and oxygen atoms in total. The Labute approximate surface area is 175 Å². The molecule has 1 aliphatic carbocycles. The third-order valence-corrected chi connectivity index (χ3v) is 7.58. The Bertz CT molecular complexity index is 586. The Kier molecular flexibility index (Phi) is 8.18. The lowest BCUT2D eigenvalue weighted by molar-refractivity contribution is 0.120. The van der Waals surface area contributed by atoms with Crippen molar-refractivity contribution in [3.05, 3.63) is 22.4 Å². The van der Waals surface area contributed by atoms with Gasteiger partial charge in [0.05, 0.1) is 6.54 Å². The van der Waals surface area contributed by atoms with Gasteiger partial charge in [-0.2, -0.15) is 0 Å². The molecule has 1 unspecified atom stereocenters. The molecule has 0 aromatic carbocycles. The van der Waals surface area contributed by atoms with Crippen molar-refractivity contribution in [2.75, 3.05) is 52.9 Å².